The summed E-state index contributed by atoms with van der Waals surface area (Å²) in [5, 5.41) is 0. The largest absolute Gasteiger partial charge is 0.295 e. The normalized spacial score (nSPS) is 29.1. The highest BCUT2D eigenvalue weighted by Crippen LogP contribution is 2.33. The molecule has 0 aromatic rings. The fourth-order valence-corrected chi connectivity index (χ4v) is 2.01. The second kappa shape index (κ2) is 2.89. The Labute approximate surface area is 73.2 Å². The number of rotatable bonds is 0. The van der Waals surface area contributed by atoms with Crippen molar-refractivity contribution in [1.82, 2.24) is 0 Å². The minimum Gasteiger partial charge on any atom is -0.295 e. The van der Waals surface area contributed by atoms with Gasteiger partial charge in [-0.15, -0.1) is 0 Å². The molecule has 0 bridgehead atoms. The average Bonchev–Trinajstić information content (AvgIpc) is 2.05. The zero-order chi connectivity index (χ0) is 8.55. The molecule has 64 valence electrons. The molecule has 1 atom stereocenters. The minimum atomic E-state index is 0.316. The third-order valence-corrected chi connectivity index (χ3v) is 2.74. The lowest BCUT2D eigenvalue weighted by Crippen LogP contribution is -2.11. The highest BCUT2D eigenvalue weighted by atomic mass is 16.1. The van der Waals surface area contributed by atoms with Crippen molar-refractivity contribution >= 4 is 5.78 Å². The lowest BCUT2D eigenvalue weighted by molar-refractivity contribution is -0.114. The van der Waals surface area contributed by atoms with Crippen LogP contribution in [0.5, 0.6) is 0 Å². The van der Waals surface area contributed by atoms with E-state index in [0.29, 0.717) is 11.7 Å². The first-order chi connectivity index (χ1) is 5.75. The van der Waals surface area contributed by atoms with Crippen molar-refractivity contribution < 1.29 is 4.79 Å². The standard InChI is InChI=1S/C11H14O/c1-8-2-3-10-7-11(12)5-4-9(10)6-8/h6-8H,2-5H2,1H3. The van der Waals surface area contributed by atoms with E-state index >= 15 is 0 Å². The van der Waals surface area contributed by atoms with Crippen LogP contribution in [0.1, 0.15) is 32.6 Å². The number of carbonyl (C=O) groups excluding carboxylic acids is 1. The molecule has 0 aromatic heterocycles. The van der Waals surface area contributed by atoms with E-state index < -0.39 is 0 Å². The van der Waals surface area contributed by atoms with Gasteiger partial charge in [-0.25, -0.2) is 0 Å². The molecule has 0 saturated carbocycles. The van der Waals surface area contributed by atoms with Crippen LogP contribution in [0.3, 0.4) is 0 Å². The molecule has 0 saturated heterocycles. The summed E-state index contributed by atoms with van der Waals surface area (Å²) >= 11 is 0. The molecule has 0 radical (unpaired) electrons. The van der Waals surface area contributed by atoms with Crippen LogP contribution < -0.4 is 0 Å². The molecule has 2 rings (SSSR count). The van der Waals surface area contributed by atoms with Gasteiger partial charge in [-0.1, -0.05) is 13.0 Å². The molecule has 0 aliphatic heterocycles. The van der Waals surface area contributed by atoms with Crippen LogP contribution in [0.2, 0.25) is 0 Å². The van der Waals surface area contributed by atoms with Gasteiger partial charge in [0.1, 0.15) is 0 Å². The summed E-state index contributed by atoms with van der Waals surface area (Å²) in [6, 6.07) is 0. The summed E-state index contributed by atoms with van der Waals surface area (Å²) in [4.78, 5) is 11.1. The van der Waals surface area contributed by atoms with Gasteiger partial charge in [-0.3, -0.25) is 4.79 Å². The average molecular weight is 162 g/mol. The van der Waals surface area contributed by atoms with E-state index in [4.69, 9.17) is 0 Å². The summed E-state index contributed by atoms with van der Waals surface area (Å²) in [5.74, 6) is 1.03. The number of carbonyl (C=O) groups is 1. The highest BCUT2D eigenvalue weighted by Gasteiger charge is 2.19. The molecule has 1 unspecified atom stereocenters. The molecule has 2 aliphatic carbocycles. The van der Waals surface area contributed by atoms with Crippen LogP contribution in [-0.2, 0) is 4.79 Å². The molecule has 2 aliphatic rings. The first-order valence-corrected chi connectivity index (χ1v) is 4.70. The van der Waals surface area contributed by atoms with Gasteiger partial charge in [0, 0.05) is 6.42 Å². The molecule has 0 amide bonds. The summed E-state index contributed by atoms with van der Waals surface area (Å²) < 4.78 is 0. The van der Waals surface area contributed by atoms with Crippen molar-refractivity contribution in [3.63, 3.8) is 0 Å². The zero-order valence-corrected chi connectivity index (χ0v) is 7.47. The van der Waals surface area contributed by atoms with E-state index in [2.05, 4.69) is 13.0 Å². The highest BCUT2D eigenvalue weighted by molar-refractivity contribution is 5.92. The summed E-state index contributed by atoms with van der Waals surface area (Å²) in [5.41, 5.74) is 2.75. The van der Waals surface area contributed by atoms with Gasteiger partial charge in [-0.05, 0) is 42.4 Å². The molecule has 0 heterocycles. The number of hydrogen-bond acceptors (Lipinski definition) is 1. The smallest absolute Gasteiger partial charge is 0.156 e. The predicted octanol–water partition coefficient (Wildman–Crippen LogP) is 2.63. The maximum Gasteiger partial charge on any atom is 0.156 e. The van der Waals surface area contributed by atoms with Gasteiger partial charge in [0.2, 0.25) is 0 Å². The molecular formula is C11H14O. The zero-order valence-electron chi connectivity index (χ0n) is 7.47. The molecule has 0 spiro atoms. The van der Waals surface area contributed by atoms with E-state index in [1.807, 2.05) is 6.08 Å². The summed E-state index contributed by atoms with van der Waals surface area (Å²) in [7, 11) is 0. The molecule has 0 fully saturated rings. The Morgan fingerprint density at radius 3 is 2.92 bits per heavy atom. The summed E-state index contributed by atoms with van der Waals surface area (Å²) in [6.45, 7) is 2.25. The number of ketones is 1. The Morgan fingerprint density at radius 2 is 2.08 bits per heavy atom. The topological polar surface area (TPSA) is 17.1 Å². The van der Waals surface area contributed by atoms with E-state index in [1.54, 1.807) is 0 Å². The molecule has 1 heteroatoms. The third-order valence-electron chi connectivity index (χ3n) is 2.74. The van der Waals surface area contributed by atoms with Crippen LogP contribution >= 0.6 is 0 Å². The van der Waals surface area contributed by atoms with Gasteiger partial charge in [0.05, 0.1) is 0 Å². The van der Waals surface area contributed by atoms with Crippen LogP contribution in [-0.4, -0.2) is 5.78 Å². The van der Waals surface area contributed by atoms with Crippen molar-refractivity contribution in [2.75, 3.05) is 0 Å². The van der Waals surface area contributed by atoms with Gasteiger partial charge in [0.15, 0.2) is 5.78 Å². The molecule has 0 N–H and O–H groups in total. The van der Waals surface area contributed by atoms with Gasteiger partial charge in [0.25, 0.3) is 0 Å². The van der Waals surface area contributed by atoms with E-state index in [1.165, 1.54) is 17.6 Å². The van der Waals surface area contributed by atoms with Crippen LogP contribution in [0, 0.1) is 5.92 Å². The van der Waals surface area contributed by atoms with Crippen LogP contribution in [0.25, 0.3) is 0 Å². The van der Waals surface area contributed by atoms with E-state index in [0.717, 1.165) is 19.3 Å². The van der Waals surface area contributed by atoms with Crippen LogP contribution in [0.15, 0.2) is 23.3 Å². The van der Waals surface area contributed by atoms with E-state index in [9.17, 15) is 4.79 Å². The Balaban J connectivity index is 2.31. The SMILES string of the molecule is CC1C=C2CCC(=O)C=C2CC1. The first-order valence-electron chi connectivity index (χ1n) is 4.70. The quantitative estimate of drug-likeness (QED) is 0.535. The Hall–Kier alpha value is -0.850. The van der Waals surface area contributed by atoms with Gasteiger partial charge in [-0.2, -0.15) is 0 Å². The van der Waals surface area contributed by atoms with Crippen LogP contribution in [0.4, 0.5) is 0 Å². The fourth-order valence-electron chi connectivity index (χ4n) is 2.01. The Bertz CT molecular complexity index is 271. The monoisotopic (exact) mass is 162 g/mol. The second-order valence-corrected chi connectivity index (χ2v) is 3.84. The lowest BCUT2D eigenvalue weighted by atomic mass is 9.82. The number of fused-ring (bicyclic) bond motifs is 1. The van der Waals surface area contributed by atoms with Crippen molar-refractivity contribution in [3.8, 4) is 0 Å². The van der Waals surface area contributed by atoms with Crippen molar-refractivity contribution in [1.29, 1.82) is 0 Å². The second-order valence-electron chi connectivity index (χ2n) is 3.84. The lowest BCUT2D eigenvalue weighted by Gasteiger charge is -2.23. The predicted molar refractivity (Wildman–Crippen MR) is 48.8 cm³/mol. The first kappa shape index (κ1) is 7.78. The summed E-state index contributed by atoms with van der Waals surface area (Å²) in [6.07, 6.45) is 8.21. The molecular weight excluding hydrogens is 148 g/mol. The van der Waals surface area contributed by atoms with Crippen molar-refractivity contribution in [2.24, 2.45) is 5.92 Å². The van der Waals surface area contributed by atoms with Crippen molar-refractivity contribution in [3.05, 3.63) is 23.3 Å². The minimum absolute atomic E-state index is 0.316. The molecule has 12 heavy (non-hydrogen) atoms. The van der Waals surface area contributed by atoms with Gasteiger partial charge < -0.3 is 0 Å². The Morgan fingerprint density at radius 1 is 1.25 bits per heavy atom. The number of hydrogen-bond donors (Lipinski definition) is 0. The maximum atomic E-state index is 11.1. The van der Waals surface area contributed by atoms with E-state index in [-0.39, 0.29) is 0 Å². The maximum absolute atomic E-state index is 11.1. The van der Waals surface area contributed by atoms with Crippen molar-refractivity contribution in [2.45, 2.75) is 32.6 Å². The van der Waals surface area contributed by atoms with Gasteiger partial charge >= 0.3 is 0 Å². The number of allylic oxidation sites excluding steroid dienone is 4. The molecule has 1 nitrogen and oxygen atoms in total. The Kier molecular flexibility index (Phi) is 1.87. The third kappa shape index (κ3) is 1.36. The fraction of sp³-hybridized carbons (Fsp3) is 0.545. The molecule has 0 aromatic carbocycles.